The van der Waals surface area contributed by atoms with Crippen LogP contribution < -0.4 is 10.1 Å². The number of fused-ring (bicyclic) bond motifs is 1. The van der Waals surface area contributed by atoms with Crippen molar-refractivity contribution in [2.45, 2.75) is 19.3 Å². The van der Waals surface area contributed by atoms with Gasteiger partial charge in [-0.2, -0.15) is 0 Å². The van der Waals surface area contributed by atoms with Gasteiger partial charge in [-0.3, -0.25) is 0 Å². The van der Waals surface area contributed by atoms with Crippen LogP contribution in [0.15, 0.2) is 42.5 Å². The van der Waals surface area contributed by atoms with Gasteiger partial charge in [0.15, 0.2) is 0 Å². The molecular weight excluding hydrogens is 234 g/mol. The van der Waals surface area contributed by atoms with Crippen LogP contribution in [0.5, 0.6) is 5.75 Å². The molecule has 1 N–H and O–H groups in total. The number of rotatable bonds is 3. The lowest BCUT2D eigenvalue weighted by Crippen LogP contribution is -2.13. The molecular formula is C17H19NO. The second-order valence-electron chi connectivity index (χ2n) is 4.96. The van der Waals surface area contributed by atoms with E-state index < -0.39 is 0 Å². The van der Waals surface area contributed by atoms with Crippen LogP contribution in [-0.2, 0) is 12.8 Å². The molecule has 1 aliphatic rings. The van der Waals surface area contributed by atoms with E-state index >= 15 is 0 Å². The van der Waals surface area contributed by atoms with Crippen LogP contribution in [0.1, 0.15) is 23.1 Å². The van der Waals surface area contributed by atoms with Crippen molar-refractivity contribution in [3.8, 4) is 5.75 Å². The summed E-state index contributed by atoms with van der Waals surface area (Å²) in [6, 6.07) is 14.8. The van der Waals surface area contributed by atoms with Crippen molar-refractivity contribution in [3.63, 3.8) is 0 Å². The molecule has 0 amide bonds. The van der Waals surface area contributed by atoms with Gasteiger partial charge in [-0.05, 0) is 41.7 Å². The number of hydrogen-bond donors (Lipinski definition) is 1. The predicted octanol–water partition coefficient (Wildman–Crippen LogP) is 3.64. The number of anilines is 1. The first-order valence-corrected chi connectivity index (χ1v) is 6.85. The van der Waals surface area contributed by atoms with Crippen LogP contribution in [0.2, 0.25) is 0 Å². The highest BCUT2D eigenvalue weighted by molar-refractivity contribution is 5.57. The molecule has 0 saturated carbocycles. The SMILES string of the molecule is COc1ccccc1Cc1cccc2c1CCCN2. The molecule has 0 fully saturated rings. The number of nitrogens with one attached hydrogen (secondary N) is 1. The molecule has 2 aromatic carbocycles. The topological polar surface area (TPSA) is 21.3 Å². The maximum atomic E-state index is 5.45. The minimum Gasteiger partial charge on any atom is -0.496 e. The fourth-order valence-corrected chi connectivity index (χ4v) is 2.80. The summed E-state index contributed by atoms with van der Waals surface area (Å²) in [4.78, 5) is 0. The molecule has 19 heavy (non-hydrogen) atoms. The van der Waals surface area contributed by atoms with Gasteiger partial charge >= 0.3 is 0 Å². The Balaban J connectivity index is 1.95. The number of hydrogen-bond acceptors (Lipinski definition) is 2. The van der Waals surface area contributed by atoms with Gasteiger partial charge in [0.1, 0.15) is 5.75 Å². The van der Waals surface area contributed by atoms with Gasteiger partial charge in [0.2, 0.25) is 0 Å². The first-order valence-electron chi connectivity index (χ1n) is 6.85. The molecule has 0 aliphatic carbocycles. The normalized spacial score (nSPS) is 13.5. The van der Waals surface area contributed by atoms with Crippen LogP contribution in [0.3, 0.4) is 0 Å². The quantitative estimate of drug-likeness (QED) is 0.901. The average molecular weight is 253 g/mol. The Hall–Kier alpha value is -1.96. The largest absolute Gasteiger partial charge is 0.496 e. The molecule has 0 radical (unpaired) electrons. The standard InChI is InChI=1S/C17H19NO/c1-19-17-10-3-2-6-14(17)12-13-7-4-9-16-15(13)8-5-11-18-16/h2-4,6-7,9-10,18H,5,8,11-12H2,1H3. The Morgan fingerprint density at radius 1 is 1.05 bits per heavy atom. The third kappa shape index (κ3) is 2.43. The summed E-state index contributed by atoms with van der Waals surface area (Å²) in [5.74, 6) is 0.976. The molecule has 0 unspecified atom stereocenters. The van der Waals surface area contributed by atoms with Crippen molar-refractivity contribution < 1.29 is 4.74 Å². The molecule has 0 spiro atoms. The summed E-state index contributed by atoms with van der Waals surface area (Å²) < 4.78 is 5.45. The first-order chi connectivity index (χ1) is 9.38. The smallest absolute Gasteiger partial charge is 0.122 e. The van der Waals surface area contributed by atoms with Crippen molar-refractivity contribution in [2.75, 3.05) is 19.0 Å². The van der Waals surface area contributed by atoms with E-state index in [1.54, 1.807) is 7.11 Å². The monoisotopic (exact) mass is 253 g/mol. The van der Waals surface area contributed by atoms with Crippen molar-refractivity contribution in [2.24, 2.45) is 0 Å². The molecule has 3 rings (SSSR count). The van der Waals surface area contributed by atoms with Gasteiger partial charge in [0, 0.05) is 18.7 Å². The maximum Gasteiger partial charge on any atom is 0.122 e. The maximum absolute atomic E-state index is 5.45. The lowest BCUT2D eigenvalue weighted by atomic mass is 9.93. The van der Waals surface area contributed by atoms with Crippen molar-refractivity contribution in [1.82, 2.24) is 0 Å². The summed E-state index contributed by atoms with van der Waals surface area (Å²) >= 11 is 0. The Morgan fingerprint density at radius 3 is 2.79 bits per heavy atom. The van der Waals surface area contributed by atoms with Crippen LogP contribution in [0.25, 0.3) is 0 Å². The van der Waals surface area contributed by atoms with Gasteiger partial charge in [-0.1, -0.05) is 30.3 Å². The van der Waals surface area contributed by atoms with E-state index in [-0.39, 0.29) is 0 Å². The van der Waals surface area contributed by atoms with E-state index in [1.807, 2.05) is 12.1 Å². The molecule has 0 atom stereocenters. The number of para-hydroxylation sites is 1. The third-order valence-electron chi connectivity index (χ3n) is 3.77. The molecule has 98 valence electrons. The van der Waals surface area contributed by atoms with E-state index in [0.717, 1.165) is 18.7 Å². The van der Waals surface area contributed by atoms with Gasteiger partial charge in [0.25, 0.3) is 0 Å². The Bertz CT molecular complexity index is 577. The van der Waals surface area contributed by atoms with Crippen molar-refractivity contribution in [1.29, 1.82) is 0 Å². The molecule has 2 heteroatoms. The Labute approximate surface area is 114 Å². The van der Waals surface area contributed by atoms with Gasteiger partial charge in [0.05, 0.1) is 7.11 Å². The Morgan fingerprint density at radius 2 is 1.89 bits per heavy atom. The van der Waals surface area contributed by atoms with Gasteiger partial charge in [-0.15, -0.1) is 0 Å². The molecule has 0 saturated heterocycles. The molecule has 2 aromatic rings. The minimum absolute atomic E-state index is 0.939. The van der Waals surface area contributed by atoms with E-state index in [2.05, 4.69) is 35.6 Å². The molecule has 0 bridgehead atoms. The summed E-state index contributed by atoms with van der Waals surface area (Å²) in [6.45, 7) is 1.09. The lowest BCUT2D eigenvalue weighted by molar-refractivity contribution is 0.410. The zero-order chi connectivity index (χ0) is 13.1. The number of methoxy groups -OCH3 is 1. The zero-order valence-corrected chi connectivity index (χ0v) is 11.3. The summed E-state index contributed by atoms with van der Waals surface area (Å²) in [7, 11) is 1.74. The highest BCUT2D eigenvalue weighted by Crippen LogP contribution is 2.29. The molecule has 1 aliphatic heterocycles. The van der Waals surface area contributed by atoms with Crippen molar-refractivity contribution in [3.05, 3.63) is 59.2 Å². The van der Waals surface area contributed by atoms with E-state index in [1.165, 1.54) is 35.2 Å². The Kier molecular flexibility index (Phi) is 3.41. The molecule has 0 aromatic heterocycles. The average Bonchev–Trinajstić information content (AvgIpc) is 2.48. The second kappa shape index (κ2) is 5.35. The fraction of sp³-hybridized carbons (Fsp3) is 0.294. The van der Waals surface area contributed by atoms with Crippen LogP contribution in [-0.4, -0.2) is 13.7 Å². The zero-order valence-electron chi connectivity index (χ0n) is 11.3. The van der Waals surface area contributed by atoms with Crippen molar-refractivity contribution >= 4 is 5.69 Å². The van der Waals surface area contributed by atoms with E-state index in [0.29, 0.717) is 0 Å². The first kappa shape index (κ1) is 12.1. The minimum atomic E-state index is 0.939. The van der Waals surface area contributed by atoms with Gasteiger partial charge in [-0.25, -0.2) is 0 Å². The fourth-order valence-electron chi connectivity index (χ4n) is 2.80. The molecule has 1 heterocycles. The van der Waals surface area contributed by atoms with Gasteiger partial charge < -0.3 is 10.1 Å². The summed E-state index contributed by atoms with van der Waals surface area (Å²) in [6.07, 6.45) is 3.33. The van der Waals surface area contributed by atoms with Crippen LogP contribution in [0, 0.1) is 0 Å². The number of benzene rings is 2. The van der Waals surface area contributed by atoms with Crippen LogP contribution >= 0.6 is 0 Å². The second-order valence-corrected chi connectivity index (χ2v) is 4.96. The predicted molar refractivity (Wildman–Crippen MR) is 79.1 cm³/mol. The number of ether oxygens (including phenoxy) is 1. The third-order valence-corrected chi connectivity index (χ3v) is 3.77. The summed E-state index contributed by atoms with van der Waals surface area (Å²) in [5.41, 5.74) is 5.44. The highest BCUT2D eigenvalue weighted by Gasteiger charge is 2.13. The van der Waals surface area contributed by atoms with Crippen LogP contribution in [0.4, 0.5) is 5.69 Å². The van der Waals surface area contributed by atoms with E-state index in [4.69, 9.17) is 4.74 Å². The van der Waals surface area contributed by atoms with E-state index in [9.17, 15) is 0 Å². The highest BCUT2D eigenvalue weighted by atomic mass is 16.5. The lowest BCUT2D eigenvalue weighted by Gasteiger charge is -2.21. The molecule has 2 nitrogen and oxygen atoms in total. The summed E-state index contributed by atoms with van der Waals surface area (Å²) in [5, 5.41) is 3.49.